The lowest BCUT2D eigenvalue weighted by Crippen LogP contribution is -2.02. The zero-order chi connectivity index (χ0) is 13.8. The largest absolute Gasteiger partial charge is 0.388 e. The number of aromatic nitrogens is 2. The molecule has 19 heavy (non-hydrogen) atoms. The molecule has 1 heterocycles. The summed E-state index contributed by atoms with van der Waals surface area (Å²) in [4.78, 5) is 0. The average molecular weight is 266 g/mol. The zero-order valence-electron chi connectivity index (χ0n) is 10.7. The molecule has 0 aliphatic carbocycles. The van der Waals surface area contributed by atoms with E-state index in [1.165, 1.54) is 6.07 Å². The lowest BCUT2D eigenvalue weighted by Gasteiger charge is -2.08. The number of aliphatic hydroxyl groups is 1. The number of rotatable bonds is 5. The van der Waals surface area contributed by atoms with Crippen LogP contribution < -0.4 is 0 Å². The Kier molecular flexibility index (Phi) is 4.27. The molecule has 0 spiro atoms. The maximum absolute atomic E-state index is 13.1. The minimum Gasteiger partial charge on any atom is -0.388 e. The molecule has 3 nitrogen and oxygen atoms in total. The Bertz CT molecular complexity index is 554. The third kappa shape index (κ3) is 3.38. The van der Waals surface area contributed by atoms with Crippen molar-refractivity contribution in [3.63, 3.8) is 0 Å². The number of halogens is 2. The highest BCUT2D eigenvalue weighted by molar-refractivity contribution is 5.21. The molecule has 2 aromatic rings. The first-order valence-corrected chi connectivity index (χ1v) is 6.24. The fourth-order valence-electron chi connectivity index (χ4n) is 1.91. The van der Waals surface area contributed by atoms with Crippen LogP contribution in [0.1, 0.15) is 30.6 Å². The summed E-state index contributed by atoms with van der Waals surface area (Å²) in [6.07, 6.45) is 3.79. The van der Waals surface area contributed by atoms with Crippen molar-refractivity contribution in [3.8, 4) is 0 Å². The Labute approximate surface area is 110 Å². The van der Waals surface area contributed by atoms with E-state index in [4.69, 9.17) is 0 Å². The number of aryl methyl sites for hydroxylation is 1. The molecule has 0 aliphatic heterocycles. The third-order valence-corrected chi connectivity index (χ3v) is 2.90. The lowest BCUT2D eigenvalue weighted by molar-refractivity contribution is 0.178. The van der Waals surface area contributed by atoms with Crippen molar-refractivity contribution < 1.29 is 13.9 Å². The second kappa shape index (κ2) is 5.93. The molecule has 102 valence electrons. The average Bonchev–Trinajstić information content (AvgIpc) is 2.83. The highest BCUT2D eigenvalue weighted by atomic mass is 19.2. The van der Waals surface area contributed by atoms with Crippen LogP contribution in [0, 0.1) is 11.6 Å². The van der Waals surface area contributed by atoms with Crippen molar-refractivity contribution >= 4 is 0 Å². The summed E-state index contributed by atoms with van der Waals surface area (Å²) in [6.45, 7) is 2.83. The van der Waals surface area contributed by atoms with Gasteiger partial charge in [-0.3, -0.25) is 4.68 Å². The quantitative estimate of drug-likeness (QED) is 0.903. The standard InChI is InChI=1S/C14H16F2N2O/c1-2-5-18-9-11(8-17-18)14(19)7-10-3-4-12(15)13(16)6-10/h3-4,6,8-9,14,19H,2,5,7H2,1H3. The Morgan fingerprint density at radius 2 is 2.11 bits per heavy atom. The van der Waals surface area contributed by atoms with Crippen molar-refractivity contribution in [1.82, 2.24) is 9.78 Å². The molecular formula is C14H16F2N2O. The Morgan fingerprint density at radius 3 is 2.79 bits per heavy atom. The molecule has 1 N–H and O–H groups in total. The molecule has 1 aromatic heterocycles. The number of hydrogen-bond acceptors (Lipinski definition) is 2. The van der Waals surface area contributed by atoms with Gasteiger partial charge in [-0.2, -0.15) is 5.10 Å². The van der Waals surface area contributed by atoms with Gasteiger partial charge < -0.3 is 5.11 Å². The molecule has 0 saturated carbocycles. The summed E-state index contributed by atoms with van der Waals surface area (Å²) in [5, 5.41) is 14.2. The Balaban J connectivity index is 2.06. The molecular weight excluding hydrogens is 250 g/mol. The molecule has 0 radical (unpaired) electrons. The first kappa shape index (κ1) is 13.7. The van der Waals surface area contributed by atoms with Gasteiger partial charge in [0.15, 0.2) is 11.6 Å². The van der Waals surface area contributed by atoms with Crippen LogP contribution in [0.15, 0.2) is 30.6 Å². The minimum absolute atomic E-state index is 0.231. The first-order valence-electron chi connectivity index (χ1n) is 6.24. The topological polar surface area (TPSA) is 38.0 Å². The van der Waals surface area contributed by atoms with Crippen LogP contribution in [-0.4, -0.2) is 14.9 Å². The van der Waals surface area contributed by atoms with Crippen molar-refractivity contribution in [2.24, 2.45) is 0 Å². The molecule has 1 unspecified atom stereocenters. The van der Waals surface area contributed by atoms with Crippen LogP contribution in [0.5, 0.6) is 0 Å². The van der Waals surface area contributed by atoms with Gasteiger partial charge in [-0.1, -0.05) is 13.0 Å². The highest BCUT2D eigenvalue weighted by Crippen LogP contribution is 2.19. The Hall–Kier alpha value is -1.75. The van der Waals surface area contributed by atoms with Gasteiger partial charge in [0.2, 0.25) is 0 Å². The number of hydrogen-bond donors (Lipinski definition) is 1. The van der Waals surface area contributed by atoms with Crippen molar-refractivity contribution in [3.05, 3.63) is 53.4 Å². The summed E-state index contributed by atoms with van der Waals surface area (Å²) in [5.74, 6) is -1.78. The normalized spacial score (nSPS) is 12.6. The van der Waals surface area contributed by atoms with E-state index in [1.807, 2.05) is 6.92 Å². The van der Waals surface area contributed by atoms with E-state index in [1.54, 1.807) is 17.1 Å². The van der Waals surface area contributed by atoms with Crippen LogP contribution in [0.3, 0.4) is 0 Å². The van der Waals surface area contributed by atoms with Crippen molar-refractivity contribution in [1.29, 1.82) is 0 Å². The van der Waals surface area contributed by atoms with Gasteiger partial charge >= 0.3 is 0 Å². The van der Waals surface area contributed by atoms with Crippen molar-refractivity contribution in [2.45, 2.75) is 32.4 Å². The third-order valence-electron chi connectivity index (χ3n) is 2.90. The van der Waals surface area contributed by atoms with E-state index < -0.39 is 17.7 Å². The second-order valence-electron chi connectivity index (χ2n) is 4.51. The van der Waals surface area contributed by atoms with Gasteiger partial charge in [-0.05, 0) is 24.1 Å². The zero-order valence-corrected chi connectivity index (χ0v) is 10.7. The number of benzene rings is 1. The number of nitrogens with zero attached hydrogens (tertiary/aromatic N) is 2. The molecule has 2 rings (SSSR count). The predicted octanol–water partition coefficient (Wildman–Crippen LogP) is 2.85. The molecule has 0 saturated heterocycles. The SMILES string of the molecule is CCCn1cc(C(O)Cc2ccc(F)c(F)c2)cn1. The fourth-order valence-corrected chi connectivity index (χ4v) is 1.91. The maximum Gasteiger partial charge on any atom is 0.159 e. The van der Waals surface area contributed by atoms with E-state index in [0.29, 0.717) is 11.1 Å². The second-order valence-corrected chi connectivity index (χ2v) is 4.51. The summed E-state index contributed by atoms with van der Waals surface area (Å²) in [7, 11) is 0. The first-order chi connectivity index (χ1) is 9.10. The smallest absolute Gasteiger partial charge is 0.159 e. The van der Waals surface area contributed by atoms with Gasteiger partial charge in [-0.15, -0.1) is 0 Å². The molecule has 0 aliphatic rings. The van der Waals surface area contributed by atoms with Crippen molar-refractivity contribution in [2.75, 3.05) is 0 Å². The van der Waals surface area contributed by atoms with Crippen LogP contribution >= 0.6 is 0 Å². The maximum atomic E-state index is 13.1. The van der Waals surface area contributed by atoms with E-state index in [9.17, 15) is 13.9 Å². The van der Waals surface area contributed by atoms with Crippen LogP contribution in [0.2, 0.25) is 0 Å². The molecule has 1 atom stereocenters. The van der Waals surface area contributed by atoms with Crippen LogP contribution in [0.25, 0.3) is 0 Å². The lowest BCUT2D eigenvalue weighted by atomic mass is 10.0. The summed E-state index contributed by atoms with van der Waals surface area (Å²) in [6, 6.07) is 3.64. The van der Waals surface area contributed by atoms with Gasteiger partial charge in [0.25, 0.3) is 0 Å². The minimum atomic E-state index is -0.897. The van der Waals surface area contributed by atoms with E-state index in [0.717, 1.165) is 25.1 Å². The van der Waals surface area contributed by atoms with Crippen LogP contribution in [0.4, 0.5) is 8.78 Å². The molecule has 1 aromatic carbocycles. The van der Waals surface area contributed by atoms with Gasteiger partial charge in [-0.25, -0.2) is 8.78 Å². The van der Waals surface area contributed by atoms with E-state index in [-0.39, 0.29) is 6.42 Å². The predicted molar refractivity (Wildman–Crippen MR) is 67.5 cm³/mol. The number of aliphatic hydroxyl groups excluding tert-OH is 1. The Morgan fingerprint density at radius 1 is 1.32 bits per heavy atom. The summed E-state index contributed by atoms with van der Waals surface area (Å²) >= 11 is 0. The molecule has 0 amide bonds. The monoisotopic (exact) mass is 266 g/mol. The summed E-state index contributed by atoms with van der Waals surface area (Å²) < 4.78 is 27.6. The fraction of sp³-hybridized carbons (Fsp3) is 0.357. The van der Waals surface area contributed by atoms with Gasteiger partial charge in [0.05, 0.1) is 12.3 Å². The van der Waals surface area contributed by atoms with E-state index in [2.05, 4.69) is 5.10 Å². The molecule has 5 heteroatoms. The van der Waals surface area contributed by atoms with E-state index >= 15 is 0 Å². The summed E-state index contributed by atoms with van der Waals surface area (Å²) in [5.41, 5.74) is 1.23. The van der Waals surface area contributed by atoms with Gasteiger partial charge in [0.1, 0.15) is 0 Å². The molecule has 0 bridgehead atoms. The van der Waals surface area contributed by atoms with Crippen LogP contribution in [-0.2, 0) is 13.0 Å². The molecule has 0 fully saturated rings. The highest BCUT2D eigenvalue weighted by Gasteiger charge is 2.12. The van der Waals surface area contributed by atoms with Gasteiger partial charge in [0, 0.05) is 24.7 Å².